The maximum atomic E-state index is 16.0. The van der Waals surface area contributed by atoms with Gasteiger partial charge in [-0.3, -0.25) is 0 Å². The van der Waals surface area contributed by atoms with Crippen molar-refractivity contribution in [2.45, 2.75) is 24.6 Å². The molecule has 4 nitrogen and oxygen atoms in total. The minimum atomic E-state index is -3.59. The molecule has 1 aromatic heterocycles. The molecule has 0 spiro atoms. The molecule has 0 aliphatic rings. The molecule has 9 heteroatoms. The Labute approximate surface area is 191 Å². The zero-order valence-electron chi connectivity index (χ0n) is 16.6. The molecule has 0 aliphatic carbocycles. The molecular weight excluding hydrogens is 464 g/mol. The number of aromatic hydroxyl groups is 1. The number of alkyl halides is 3. The Balaban J connectivity index is 1.83. The molecule has 0 saturated carbocycles. The van der Waals surface area contributed by atoms with Crippen LogP contribution in [0.25, 0.3) is 16.6 Å². The summed E-state index contributed by atoms with van der Waals surface area (Å²) in [6, 6.07) is 14.0. The van der Waals surface area contributed by atoms with Gasteiger partial charge in [0.1, 0.15) is 11.4 Å². The summed E-state index contributed by atoms with van der Waals surface area (Å²) < 4.78 is 45.9. The van der Waals surface area contributed by atoms with Gasteiger partial charge in [-0.25, -0.2) is 17.9 Å². The van der Waals surface area contributed by atoms with Crippen LogP contribution in [0.1, 0.15) is 18.1 Å². The van der Waals surface area contributed by atoms with Gasteiger partial charge in [-0.1, -0.05) is 35.3 Å². The summed E-state index contributed by atoms with van der Waals surface area (Å²) in [5.74, 6) is 0.0932. The minimum Gasteiger partial charge on any atom is -0.508 e. The predicted octanol–water partition coefficient (Wildman–Crippen LogP) is 6.38. The summed E-state index contributed by atoms with van der Waals surface area (Å²) in [7, 11) is 0. The molecule has 0 radical (unpaired) electrons. The van der Waals surface area contributed by atoms with E-state index in [1.807, 2.05) is 0 Å². The molecule has 2 atom stereocenters. The Bertz CT molecular complexity index is 1290. The number of benzene rings is 3. The SMILES string of the molecule is CC(O)(c1ccc2c(cnn2-c2ccc(O)cc2)c1)C(F)(c1ccc(Cl)cc1Cl)C(F)F. The van der Waals surface area contributed by atoms with Gasteiger partial charge in [0, 0.05) is 21.0 Å². The zero-order valence-corrected chi connectivity index (χ0v) is 18.1. The highest BCUT2D eigenvalue weighted by Crippen LogP contribution is 2.50. The topological polar surface area (TPSA) is 58.3 Å². The quantitative estimate of drug-likeness (QED) is 0.348. The van der Waals surface area contributed by atoms with Gasteiger partial charge in [0.05, 0.1) is 17.4 Å². The lowest BCUT2D eigenvalue weighted by atomic mass is 9.76. The van der Waals surface area contributed by atoms with Crippen molar-refractivity contribution in [2.24, 2.45) is 0 Å². The van der Waals surface area contributed by atoms with Crippen molar-refractivity contribution in [2.75, 3.05) is 0 Å². The summed E-state index contributed by atoms with van der Waals surface area (Å²) >= 11 is 11.9. The number of aliphatic hydroxyl groups is 1. The fraction of sp³-hybridized carbons (Fsp3) is 0.174. The highest BCUT2D eigenvalue weighted by molar-refractivity contribution is 6.35. The van der Waals surface area contributed by atoms with Crippen LogP contribution in [-0.2, 0) is 11.3 Å². The molecule has 4 rings (SSSR count). The average Bonchev–Trinajstić information content (AvgIpc) is 3.17. The molecular formula is C23H17Cl2F3N2O2. The van der Waals surface area contributed by atoms with Gasteiger partial charge in [0.2, 0.25) is 5.67 Å². The van der Waals surface area contributed by atoms with E-state index in [4.69, 9.17) is 23.2 Å². The van der Waals surface area contributed by atoms with E-state index in [-0.39, 0.29) is 21.4 Å². The predicted molar refractivity (Wildman–Crippen MR) is 118 cm³/mol. The van der Waals surface area contributed by atoms with Crippen molar-refractivity contribution in [3.63, 3.8) is 0 Å². The van der Waals surface area contributed by atoms with Crippen molar-refractivity contribution in [1.82, 2.24) is 9.78 Å². The summed E-state index contributed by atoms with van der Waals surface area (Å²) in [6.45, 7) is 0.982. The fourth-order valence-electron chi connectivity index (χ4n) is 3.72. The lowest BCUT2D eigenvalue weighted by Crippen LogP contribution is -2.49. The second-order valence-electron chi connectivity index (χ2n) is 7.56. The maximum absolute atomic E-state index is 16.0. The second-order valence-corrected chi connectivity index (χ2v) is 8.40. The zero-order chi connectivity index (χ0) is 23.3. The maximum Gasteiger partial charge on any atom is 0.279 e. The first-order valence-corrected chi connectivity index (χ1v) is 10.2. The van der Waals surface area contributed by atoms with E-state index in [1.54, 1.807) is 22.9 Å². The first kappa shape index (κ1) is 22.5. The van der Waals surface area contributed by atoms with E-state index < -0.39 is 23.3 Å². The monoisotopic (exact) mass is 480 g/mol. The van der Waals surface area contributed by atoms with Crippen molar-refractivity contribution >= 4 is 34.1 Å². The molecule has 2 unspecified atom stereocenters. The number of rotatable bonds is 5. The summed E-state index contributed by atoms with van der Waals surface area (Å²) in [6.07, 6.45) is -2.12. The smallest absolute Gasteiger partial charge is 0.279 e. The third-order valence-corrected chi connectivity index (χ3v) is 6.10. The second kappa shape index (κ2) is 7.99. The van der Waals surface area contributed by atoms with Crippen LogP contribution < -0.4 is 0 Å². The standard InChI is InChI=1S/C23H17Cl2F3N2O2/c1-22(32,23(28,21(26)27)18-8-3-15(24)11-19(18)25)14-2-9-20-13(10-14)12-29-30(20)16-4-6-17(31)7-5-16/h2-12,21,31-32H,1H3. The van der Waals surface area contributed by atoms with E-state index in [1.165, 1.54) is 36.5 Å². The third-order valence-electron chi connectivity index (χ3n) is 5.56. The highest BCUT2D eigenvalue weighted by atomic mass is 35.5. The van der Waals surface area contributed by atoms with Crippen LogP contribution in [0.3, 0.4) is 0 Å². The number of fused-ring (bicyclic) bond motifs is 1. The van der Waals surface area contributed by atoms with Gasteiger partial charge >= 0.3 is 0 Å². The van der Waals surface area contributed by atoms with Crippen LogP contribution in [0, 0.1) is 0 Å². The van der Waals surface area contributed by atoms with Gasteiger partial charge in [0.15, 0.2) is 0 Å². The molecule has 0 fully saturated rings. The number of phenols is 1. The fourth-order valence-corrected chi connectivity index (χ4v) is 4.27. The number of phenolic OH excluding ortho intramolecular Hbond substituents is 1. The van der Waals surface area contributed by atoms with E-state index >= 15 is 4.39 Å². The van der Waals surface area contributed by atoms with E-state index in [0.717, 1.165) is 19.1 Å². The lowest BCUT2D eigenvalue weighted by molar-refractivity contribution is -0.175. The van der Waals surface area contributed by atoms with Crippen molar-refractivity contribution in [3.05, 3.63) is 88.0 Å². The summed E-state index contributed by atoms with van der Waals surface area (Å²) in [5, 5.41) is 25.2. The first-order chi connectivity index (χ1) is 15.1. The molecule has 4 aromatic rings. The van der Waals surface area contributed by atoms with Crippen molar-refractivity contribution in [1.29, 1.82) is 0 Å². The molecule has 0 aliphatic heterocycles. The van der Waals surface area contributed by atoms with Gasteiger partial charge in [0.25, 0.3) is 6.43 Å². The Kier molecular flexibility index (Phi) is 5.61. The number of hydrogen-bond acceptors (Lipinski definition) is 3. The largest absolute Gasteiger partial charge is 0.508 e. The molecule has 2 N–H and O–H groups in total. The Morgan fingerprint density at radius 2 is 1.69 bits per heavy atom. The molecule has 0 saturated heterocycles. The normalized spacial score (nSPS) is 15.6. The van der Waals surface area contributed by atoms with Crippen LogP contribution in [0.2, 0.25) is 10.0 Å². The average molecular weight is 481 g/mol. The first-order valence-electron chi connectivity index (χ1n) is 9.48. The van der Waals surface area contributed by atoms with Crippen molar-refractivity contribution < 1.29 is 23.4 Å². The van der Waals surface area contributed by atoms with Crippen LogP contribution in [0.4, 0.5) is 13.2 Å². The van der Waals surface area contributed by atoms with E-state index in [2.05, 4.69) is 5.10 Å². The van der Waals surface area contributed by atoms with Crippen molar-refractivity contribution in [3.8, 4) is 11.4 Å². The van der Waals surface area contributed by atoms with Gasteiger partial charge < -0.3 is 10.2 Å². The molecule has 166 valence electrons. The van der Waals surface area contributed by atoms with E-state index in [9.17, 15) is 19.0 Å². The van der Waals surface area contributed by atoms with Crippen LogP contribution in [0.5, 0.6) is 5.75 Å². The third kappa shape index (κ3) is 3.50. The number of nitrogens with zero attached hydrogens (tertiary/aromatic N) is 2. The minimum absolute atomic E-state index is 0.0796. The number of hydrogen-bond donors (Lipinski definition) is 2. The Morgan fingerprint density at radius 3 is 2.31 bits per heavy atom. The van der Waals surface area contributed by atoms with Crippen LogP contribution >= 0.6 is 23.2 Å². The molecule has 0 bridgehead atoms. The highest BCUT2D eigenvalue weighted by Gasteiger charge is 2.58. The Hall–Kier alpha value is -2.74. The molecule has 3 aromatic carbocycles. The lowest BCUT2D eigenvalue weighted by Gasteiger charge is -2.39. The van der Waals surface area contributed by atoms with Gasteiger partial charge in [-0.05, 0) is 61.0 Å². The molecule has 1 heterocycles. The Morgan fingerprint density at radius 1 is 1.00 bits per heavy atom. The molecule has 32 heavy (non-hydrogen) atoms. The number of aromatic nitrogens is 2. The van der Waals surface area contributed by atoms with E-state index in [0.29, 0.717) is 16.6 Å². The number of halogens is 5. The van der Waals surface area contributed by atoms with Gasteiger partial charge in [-0.2, -0.15) is 5.10 Å². The summed E-state index contributed by atoms with van der Waals surface area (Å²) in [5.41, 5.74) is -5.56. The van der Waals surface area contributed by atoms with Crippen LogP contribution in [0.15, 0.2) is 66.9 Å². The van der Waals surface area contributed by atoms with Crippen LogP contribution in [-0.4, -0.2) is 26.4 Å². The van der Waals surface area contributed by atoms with Gasteiger partial charge in [-0.15, -0.1) is 0 Å². The summed E-state index contributed by atoms with van der Waals surface area (Å²) in [4.78, 5) is 0. The molecule has 0 amide bonds.